The van der Waals surface area contributed by atoms with Crippen LogP contribution < -0.4 is 5.32 Å². The molecule has 2 fully saturated rings. The van der Waals surface area contributed by atoms with Gasteiger partial charge >= 0.3 is 0 Å². The third kappa shape index (κ3) is 2.26. The van der Waals surface area contributed by atoms with Crippen molar-refractivity contribution in [1.82, 2.24) is 14.9 Å². The summed E-state index contributed by atoms with van der Waals surface area (Å²) in [5, 5.41) is 16.3. The van der Waals surface area contributed by atoms with Crippen molar-refractivity contribution in [2.45, 2.75) is 56.8 Å². The smallest absolute Gasteiger partial charge is 0.153 e. The second-order valence-electron chi connectivity index (χ2n) is 6.68. The SMILES string of the molecule is Cc1cc2ccnc(Cl)c2n1CC1(O)C[C@@H]2CC[C@@H](C1)N2. The van der Waals surface area contributed by atoms with Crippen LogP contribution in [0.1, 0.15) is 31.4 Å². The Kier molecular flexibility index (Phi) is 3.03. The fraction of sp³-hybridized carbons (Fsp3) is 0.562. The van der Waals surface area contributed by atoms with Gasteiger partial charge in [-0.1, -0.05) is 11.6 Å². The molecule has 0 aliphatic carbocycles. The van der Waals surface area contributed by atoms with Gasteiger partial charge in [0.2, 0.25) is 0 Å². The van der Waals surface area contributed by atoms with Crippen LogP contribution in [0, 0.1) is 6.92 Å². The minimum atomic E-state index is -0.646. The fourth-order valence-electron chi connectivity index (χ4n) is 4.16. The number of aliphatic hydroxyl groups is 1. The van der Waals surface area contributed by atoms with E-state index in [0.717, 1.165) is 29.4 Å². The highest BCUT2D eigenvalue weighted by Crippen LogP contribution is 2.36. The number of aryl methyl sites for hydroxylation is 1. The molecule has 4 rings (SSSR count). The summed E-state index contributed by atoms with van der Waals surface area (Å²) in [6.07, 6.45) is 5.73. The quantitative estimate of drug-likeness (QED) is 0.839. The average molecular weight is 306 g/mol. The molecule has 0 unspecified atom stereocenters. The molecule has 2 aromatic rings. The highest BCUT2D eigenvalue weighted by molar-refractivity contribution is 6.33. The van der Waals surface area contributed by atoms with Crippen LogP contribution in [0.3, 0.4) is 0 Å². The molecule has 2 aliphatic rings. The lowest BCUT2D eigenvalue weighted by Gasteiger charge is -2.37. The van der Waals surface area contributed by atoms with Crippen molar-refractivity contribution in [3.05, 3.63) is 29.2 Å². The maximum absolute atomic E-state index is 11.1. The van der Waals surface area contributed by atoms with Gasteiger partial charge in [-0.2, -0.15) is 0 Å². The highest BCUT2D eigenvalue weighted by Gasteiger charge is 2.42. The first-order valence-electron chi connectivity index (χ1n) is 7.63. The van der Waals surface area contributed by atoms with E-state index >= 15 is 0 Å². The summed E-state index contributed by atoms with van der Waals surface area (Å²) in [6, 6.07) is 5.01. The summed E-state index contributed by atoms with van der Waals surface area (Å²) in [6.45, 7) is 2.66. The molecule has 0 spiro atoms. The van der Waals surface area contributed by atoms with Crippen LogP contribution in [0.15, 0.2) is 18.3 Å². The van der Waals surface area contributed by atoms with Gasteiger partial charge in [0, 0.05) is 29.4 Å². The molecule has 112 valence electrons. The van der Waals surface area contributed by atoms with Crippen LogP contribution in [0.5, 0.6) is 0 Å². The third-order valence-corrected chi connectivity index (χ3v) is 5.29. The zero-order chi connectivity index (χ0) is 14.6. The lowest BCUT2D eigenvalue weighted by molar-refractivity contribution is -0.0206. The summed E-state index contributed by atoms with van der Waals surface area (Å²) in [5.74, 6) is 0. The molecule has 5 heteroatoms. The number of hydrogen-bond acceptors (Lipinski definition) is 3. The molecule has 2 saturated heterocycles. The standard InChI is InChI=1S/C16H20ClN3O/c1-10-6-11-4-5-18-15(17)14(11)20(10)9-16(21)7-12-2-3-13(8-16)19-12/h4-6,12-13,19,21H,2-3,7-9H2,1H3/t12-,13-/m0/s1. The van der Waals surface area contributed by atoms with Gasteiger partial charge in [0.05, 0.1) is 17.7 Å². The first-order chi connectivity index (χ1) is 10.0. The molecule has 21 heavy (non-hydrogen) atoms. The Hall–Kier alpha value is -1.10. The molecule has 0 saturated carbocycles. The molecular formula is C16H20ClN3O. The van der Waals surface area contributed by atoms with Crippen LogP contribution in [0.25, 0.3) is 10.9 Å². The number of pyridine rings is 1. The Bertz CT molecular complexity index is 684. The largest absolute Gasteiger partial charge is 0.388 e. The lowest BCUT2D eigenvalue weighted by atomic mass is 9.87. The van der Waals surface area contributed by atoms with Gasteiger partial charge in [0.1, 0.15) is 0 Å². The van der Waals surface area contributed by atoms with Crippen LogP contribution in [0.2, 0.25) is 5.15 Å². The fourth-order valence-corrected chi connectivity index (χ4v) is 4.42. The zero-order valence-corrected chi connectivity index (χ0v) is 12.9. The second-order valence-corrected chi connectivity index (χ2v) is 7.04. The van der Waals surface area contributed by atoms with Crippen molar-refractivity contribution in [3.8, 4) is 0 Å². The van der Waals surface area contributed by atoms with Crippen LogP contribution in [-0.2, 0) is 6.54 Å². The normalized spacial score (nSPS) is 32.0. The molecule has 0 aromatic carbocycles. The Labute approximate surface area is 129 Å². The Morgan fingerprint density at radius 3 is 2.86 bits per heavy atom. The number of piperidine rings is 1. The first kappa shape index (κ1) is 13.6. The molecule has 2 bridgehead atoms. The van der Waals surface area contributed by atoms with Gasteiger partial charge in [-0.25, -0.2) is 4.98 Å². The van der Waals surface area contributed by atoms with Crippen molar-refractivity contribution >= 4 is 22.5 Å². The zero-order valence-electron chi connectivity index (χ0n) is 12.1. The molecule has 4 heterocycles. The molecule has 2 atom stereocenters. The van der Waals surface area contributed by atoms with E-state index in [0.29, 0.717) is 23.8 Å². The summed E-state index contributed by atoms with van der Waals surface area (Å²) in [7, 11) is 0. The molecule has 2 N–H and O–H groups in total. The van der Waals surface area contributed by atoms with E-state index in [1.54, 1.807) is 6.20 Å². The predicted molar refractivity (Wildman–Crippen MR) is 83.6 cm³/mol. The Morgan fingerprint density at radius 1 is 1.43 bits per heavy atom. The summed E-state index contributed by atoms with van der Waals surface area (Å²) in [5.41, 5.74) is 1.42. The third-order valence-electron chi connectivity index (χ3n) is 5.01. The van der Waals surface area contributed by atoms with Crippen LogP contribution in [0.4, 0.5) is 0 Å². The molecule has 4 nitrogen and oxygen atoms in total. The molecule has 0 amide bonds. The number of aromatic nitrogens is 2. The number of nitrogens with zero attached hydrogens (tertiary/aromatic N) is 2. The van der Waals surface area contributed by atoms with E-state index in [4.69, 9.17) is 11.6 Å². The van der Waals surface area contributed by atoms with E-state index in [-0.39, 0.29) is 0 Å². The van der Waals surface area contributed by atoms with Crippen molar-refractivity contribution in [2.75, 3.05) is 0 Å². The van der Waals surface area contributed by atoms with Gasteiger partial charge in [-0.15, -0.1) is 0 Å². The van der Waals surface area contributed by atoms with Gasteiger partial charge < -0.3 is 15.0 Å². The number of nitrogens with one attached hydrogen (secondary N) is 1. The summed E-state index contributed by atoms with van der Waals surface area (Å²) < 4.78 is 2.13. The molecule has 2 aliphatic heterocycles. The van der Waals surface area contributed by atoms with E-state index in [9.17, 15) is 5.11 Å². The topological polar surface area (TPSA) is 50.1 Å². The van der Waals surface area contributed by atoms with Crippen molar-refractivity contribution in [3.63, 3.8) is 0 Å². The second kappa shape index (κ2) is 4.70. The Morgan fingerprint density at radius 2 is 2.14 bits per heavy atom. The predicted octanol–water partition coefficient (Wildman–Crippen LogP) is 2.64. The van der Waals surface area contributed by atoms with E-state index < -0.39 is 5.60 Å². The van der Waals surface area contributed by atoms with Crippen molar-refractivity contribution in [2.24, 2.45) is 0 Å². The summed E-state index contributed by atoms with van der Waals surface area (Å²) >= 11 is 6.28. The number of fused-ring (bicyclic) bond motifs is 3. The maximum Gasteiger partial charge on any atom is 0.153 e. The lowest BCUT2D eigenvalue weighted by Crippen LogP contribution is -2.50. The van der Waals surface area contributed by atoms with Crippen molar-refractivity contribution in [1.29, 1.82) is 0 Å². The molecular weight excluding hydrogens is 286 g/mol. The van der Waals surface area contributed by atoms with E-state index in [2.05, 4.69) is 27.9 Å². The monoisotopic (exact) mass is 305 g/mol. The minimum absolute atomic E-state index is 0.462. The van der Waals surface area contributed by atoms with Crippen LogP contribution >= 0.6 is 11.6 Å². The number of hydrogen-bond donors (Lipinski definition) is 2. The van der Waals surface area contributed by atoms with Gasteiger partial charge in [-0.05, 0) is 44.7 Å². The average Bonchev–Trinajstić information content (AvgIpc) is 2.91. The highest BCUT2D eigenvalue weighted by atomic mass is 35.5. The molecule has 2 aromatic heterocycles. The Balaban J connectivity index is 1.72. The van der Waals surface area contributed by atoms with Gasteiger partial charge in [0.25, 0.3) is 0 Å². The summed E-state index contributed by atoms with van der Waals surface area (Å²) in [4.78, 5) is 4.19. The van der Waals surface area contributed by atoms with Gasteiger partial charge in [0.15, 0.2) is 5.15 Å². The van der Waals surface area contributed by atoms with Crippen LogP contribution in [-0.4, -0.2) is 32.3 Å². The number of rotatable bonds is 2. The van der Waals surface area contributed by atoms with Gasteiger partial charge in [-0.3, -0.25) is 0 Å². The minimum Gasteiger partial charge on any atom is -0.388 e. The molecule has 0 radical (unpaired) electrons. The maximum atomic E-state index is 11.1. The van der Waals surface area contributed by atoms with E-state index in [1.807, 2.05) is 6.07 Å². The number of halogens is 1. The van der Waals surface area contributed by atoms with E-state index in [1.165, 1.54) is 12.8 Å². The van der Waals surface area contributed by atoms with Crippen molar-refractivity contribution < 1.29 is 5.11 Å². The first-order valence-corrected chi connectivity index (χ1v) is 8.01.